The van der Waals surface area contributed by atoms with Crippen molar-refractivity contribution in [3.8, 4) is 0 Å². The molecule has 4 heteroatoms. The van der Waals surface area contributed by atoms with Gasteiger partial charge in [-0.3, -0.25) is 9.69 Å². The fourth-order valence-corrected chi connectivity index (χ4v) is 3.02. The first kappa shape index (κ1) is 15.2. The van der Waals surface area contributed by atoms with E-state index in [1.807, 2.05) is 11.3 Å². The first-order chi connectivity index (χ1) is 8.49. The van der Waals surface area contributed by atoms with E-state index in [9.17, 15) is 4.79 Å². The topological polar surface area (TPSA) is 40.5 Å². The van der Waals surface area contributed by atoms with Crippen LogP contribution < -0.4 is 0 Å². The molecule has 1 heterocycles. The molecule has 0 aliphatic heterocycles. The third-order valence-corrected chi connectivity index (χ3v) is 4.73. The smallest absolute Gasteiger partial charge is 0.307 e. The number of carboxylic acids is 1. The van der Waals surface area contributed by atoms with Crippen LogP contribution in [-0.4, -0.2) is 29.1 Å². The van der Waals surface area contributed by atoms with Gasteiger partial charge in [0.15, 0.2) is 0 Å². The number of carboxylic acid groups (broad SMARTS) is 1. The van der Waals surface area contributed by atoms with E-state index in [4.69, 9.17) is 5.11 Å². The molecule has 2 unspecified atom stereocenters. The Bertz CT molecular complexity index is 389. The van der Waals surface area contributed by atoms with Crippen LogP contribution in [0.2, 0.25) is 0 Å². The predicted molar refractivity (Wildman–Crippen MR) is 76.2 cm³/mol. The zero-order chi connectivity index (χ0) is 13.7. The Labute approximate surface area is 113 Å². The molecule has 18 heavy (non-hydrogen) atoms. The molecule has 0 aliphatic carbocycles. The van der Waals surface area contributed by atoms with Crippen LogP contribution in [0.5, 0.6) is 0 Å². The molecule has 1 N–H and O–H groups in total. The van der Waals surface area contributed by atoms with Crippen LogP contribution in [0, 0.1) is 5.92 Å². The van der Waals surface area contributed by atoms with Crippen molar-refractivity contribution >= 4 is 17.3 Å². The van der Waals surface area contributed by atoms with Gasteiger partial charge in [-0.25, -0.2) is 0 Å². The number of hydrogen-bond acceptors (Lipinski definition) is 3. The molecule has 0 spiro atoms. The van der Waals surface area contributed by atoms with E-state index in [0.717, 1.165) is 13.0 Å². The molecule has 0 fully saturated rings. The predicted octanol–water partition coefficient (Wildman–Crippen LogP) is 3.41. The monoisotopic (exact) mass is 269 g/mol. The Morgan fingerprint density at radius 3 is 2.50 bits per heavy atom. The van der Waals surface area contributed by atoms with Crippen molar-refractivity contribution in [2.45, 2.75) is 40.2 Å². The normalized spacial score (nSPS) is 14.7. The minimum atomic E-state index is -0.721. The summed E-state index contributed by atoms with van der Waals surface area (Å²) in [6.45, 7) is 9.64. The quantitative estimate of drug-likeness (QED) is 0.824. The highest BCUT2D eigenvalue weighted by atomic mass is 32.1. The molecule has 0 radical (unpaired) electrons. The Hall–Kier alpha value is -0.870. The third-order valence-electron chi connectivity index (χ3n) is 3.33. The van der Waals surface area contributed by atoms with Gasteiger partial charge in [0, 0.05) is 22.3 Å². The summed E-state index contributed by atoms with van der Waals surface area (Å²) in [5.74, 6) is -1.04. The zero-order valence-corrected chi connectivity index (χ0v) is 12.5. The molecule has 0 amide bonds. The molecule has 102 valence electrons. The highest BCUT2D eigenvalue weighted by molar-refractivity contribution is 7.12. The van der Waals surface area contributed by atoms with Crippen LogP contribution in [0.15, 0.2) is 12.1 Å². The van der Waals surface area contributed by atoms with Crippen LogP contribution in [0.3, 0.4) is 0 Å². The summed E-state index contributed by atoms with van der Waals surface area (Å²) in [5.41, 5.74) is 0. The molecular weight excluding hydrogens is 246 g/mol. The van der Waals surface area contributed by atoms with Gasteiger partial charge in [0.1, 0.15) is 0 Å². The highest BCUT2D eigenvalue weighted by Gasteiger charge is 2.21. The third kappa shape index (κ3) is 3.82. The molecule has 3 nitrogen and oxygen atoms in total. The number of carbonyl (C=O) groups is 1. The van der Waals surface area contributed by atoms with Crippen molar-refractivity contribution in [2.75, 3.05) is 13.1 Å². The molecule has 0 aromatic carbocycles. The lowest BCUT2D eigenvalue weighted by molar-refractivity contribution is -0.141. The lowest BCUT2D eigenvalue weighted by atomic mass is 10.1. The van der Waals surface area contributed by atoms with Crippen LogP contribution in [0.1, 0.15) is 43.5 Å². The van der Waals surface area contributed by atoms with Crippen molar-refractivity contribution in [1.82, 2.24) is 4.90 Å². The van der Waals surface area contributed by atoms with Gasteiger partial charge in [-0.15, -0.1) is 11.3 Å². The van der Waals surface area contributed by atoms with E-state index in [2.05, 4.69) is 37.8 Å². The van der Waals surface area contributed by atoms with E-state index in [0.29, 0.717) is 12.6 Å². The lowest BCUT2D eigenvalue weighted by Gasteiger charge is -2.28. The molecule has 0 saturated carbocycles. The van der Waals surface area contributed by atoms with E-state index >= 15 is 0 Å². The number of aliphatic carboxylic acids is 1. The van der Waals surface area contributed by atoms with Crippen molar-refractivity contribution in [3.05, 3.63) is 21.9 Å². The number of rotatable bonds is 7. The van der Waals surface area contributed by atoms with E-state index in [-0.39, 0.29) is 5.92 Å². The maximum atomic E-state index is 10.9. The van der Waals surface area contributed by atoms with Crippen LogP contribution in [-0.2, 0) is 11.2 Å². The van der Waals surface area contributed by atoms with Gasteiger partial charge in [0.25, 0.3) is 0 Å². The van der Waals surface area contributed by atoms with Gasteiger partial charge < -0.3 is 5.11 Å². The summed E-state index contributed by atoms with van der Waals surface area (Å²) in [4.78, 5) is 15.9. The number of aryl methyl sites for hydroxylation is 1. The van der Waals surface area contributed by atoms with Crippen molar-refractivity contribution in [3.63, 3.8) is 0 Å². The number of thiophene rings is 1. The minimum Gasteiger partial charge on any atom is -0.481 e. The van der Waals surface area contributed by atoms with Gasteiger partial charge in [-0.05, 0) is 32.0 Å². The van der Waals surface area contributed by atoms with E-state index in [1.54, 1.807) is 6.92 Å². The first-order valence-electron chi connectivity index (χ1n) is 6.55. The van der Waals surface area contributed by atoms with Gasteiger partial charge >= 0.3 is 5.97 Å². The number of hydrogen-bond donors (Lipinski definition) is 1. The van der Waals surface area contributed by atoms with Crippen molar-refractivity contribution < 1.29 is 9.90 Å². The van der Waals surface area contributed by atoms with Crippen LogP contribution in [0.25, 0.3) is 0 Å². The summed E-state index contributed by atoms with van der Waals surface area (Å²) in [5, 5.41) is 9.00. The summed E-state index contributed by atoms with van der Waals surface area (Å²) in [6, 6.07) is 4.63. The van der Waals surface area contributed by atoms with E-state index in [1.165, 1.54) is 9.75 Å². The average Bonchev–Trinajstić information content (AvgIpc) is 2.83. The molecular formula is C14H23NO2S. The highest BCUT2D eigenvalue weighted by Crippen LogP contribution is 2.28. The first-order valence-corrected chi connectivity index (χ1v) is 7.36. The molecule has 1 rings (SSSR count). The maximum absolute atomic E-state index is 10.9. The van der Waals surface area contributed by atoms with Gasteiger partial charge in [-0.1, -0.05) is 20.8 Å². The summed E-state index contributed by atoms with van der Waals surface area (Å²) in [6.07, 6.45) is 1.06. The number of nitrogens with zero attached hydrogens (tertiary/aromatic N) is 1. The van der Waals surface area contributed by atoms with Gasteiger partial charge in [0.2, 0.25) is 0 Å². The molecule has 0 bridgehead atoms. The Morgan fingerprint density at radius 1 is 1.39 bits per heavy atom. The maximum Gasteiger partial charge on any atom is 0.307 e. The largest absolute Gasteiger partial charge is 0.481 e. The zero-order valence-electron chi connectivity index (χ0n) is 11.6. The summed E-state index contributed by atoms with van der Waals surface area (Å²) in [7, 11) is 0. The lowest BCUT2D eigenvalue weighted by Crippen LogP contribution is -2.33. The van der Waals surface area contributed by atoms with Crippen molar-refractivity contribution in [1.29, 1.82) is 0 Å². The molecule has 1 aromatic rings. The molecule has 2 atom stereocenters. The van der Waals surface area contributed by atoms with E-state index < -0.39 is 5.97 Å². The molecule has 0 aliphatic rings. The Kier molecular flexibility index (Phi) is 5.82. The SMILES string of the molecule is CCc1ccc(C(C)N(CC)CC(C)C(=O)O)s1. The van der Waals surface area contributed by atoms with Crippen LogP contribution in [0.4, 0.5) is 0 Å². The fourth-order valence-electron chi connectivity index (χ4n) is 1.98. The van der Waals surface area contributed by atoms with Gasteiger partial charge in [-0.2, -0.15) is 0 Å². The van der Waals surface area contributed by atoms with Gasteiger partial charge in [0.05, 0.1) is 5.92 Å². The average molecular weight is 269 g/mol. The minimum absolute atomic E-state index is 0.294. The van der Waals surface area contributed by atoms with Crippen molar-refractivity contribution in [2.24, 2.45) is 5.92 Å². The Balaban J connectivity index is 2.72. The Morgan fingerprint density at radius 2 is 2.06 bits per heavy atom. The molecule has 1 aromatic heterocycles. The molecule has 0 saturated heterocycles. The standard InChI is InChI=1S/C14H23NO2S/c1-5-12-7-8-13(18-12)11(4)15(6-2)9-10(3)14(16)17/h7-8,10-11H,5-6,9H2,1-4H3,(H,16,17). The second-order valence-corrected chi connectivity index (χ2v) is 5.86. The fraction of sp³-hybridized carbons (Fsp3) is 0.643. The second-order valence-electron chi connectivity index (χ2n) is 4.66. The second kappa shape index (κ2) is 6.90. The summed E-state index contributed by atoms with van der Waals surface area (Å²) >= 11 is 1.83. The van der Waals surface area contributed by atoms with Crippen LogP contribution >= 0.6 is 11.3 Å². The summed E-state index contributed by atoms with van der Waals surface area (Å²) < 4.78 is 0.